The van der Waals surface area contributed by atoms with Gasteiger partial charge < -0.3 is 15.8 Å². The van der Waals surface area contributed by atoms with E-state index in [1.807, 2.05) is 6.07 Å². The van der Waals surface area contributed by atoms with E-state index >= 15 is 0 Å². The fourth-order valence-electron chi connectivity index (χ4n) is 1.99. The van der Waals surface area contributed by atoms with E-state index in [1.165, 1.54) is 32.8 Å². The Balaban J connectivity index is 1.85. The molecule has 0 aliphatic heterocycles. The summed E-state index contributed by atoms with van der Waals surface area (Å²) in [6.45, 7) is 0.929. The molecule has 0 radical (unpaired) electrons. The van der Waals surface area contributed by atoms with E-state index in [-0.39, 0.29) is 5.97 Å². The number of carbonyl (C=O) groups excluding carboxylic acids is 1. The summed E-state index contributed by atoms with van der Waals surface area (Å²) >= 11 is 0. The van der Waals surface area contributed by atoms with Gasteiger partial charge in [-0.3, -0.25) is 0 Å². The lowest BCUT2D eigenvalue weighted by molar-refractivity contribution is 0.0601. The number of carbonyl (C=O) groups is 1. The highest BCUT2D eigenvalue weighted by molar-refractivity contribution is 5.91. The molecule has 0 saturated heterocycles. The van der Waals surface area contributed by atoms with Crippen LogP contribution in [0.25, 0.3) is 0 Å². The molecule has 0 spiro atoms. The standard InChI is InChI=1S/C14H20N2O2/c1-18-14(17)11-6-7-13(12(15)9-11)16-8-2-3-10-4-5-10/h6-7,9-10,16H,2-5,8,15H2,1H3. The van der Waals surface area contributed by atoms with E-state index in [9.17, 15) is 4.79 Å². The molecule has 2 rings (SSSR count). The zero-order valence-electron chi connectivity index (χ0n) is 10.7. The predicted octanol–water partition coefficient (Wildman–Crippen LogP) is 2.66. The topological polar surface area (TPSA) is 64.3 Å². The van der Waals surface area contributed by atoms with Crippen molar-refractivity contribution in [3.05, 3.63) is 23.8 Å². The minimum Gasteiger partial charge on any atom is -0.465 e. The highest BCUT2D eigenvalue weighted by Crippen LogP contribution is 2.33. The van der Waals surface area contributed by atoms with Gasteiger partial charge in [-0.25, -0.2) is 4.79 Å². The Kier molecular flexibility index (Phi) is 4.07. The number of nitrogens with two attached hydrogens (primary N) is 1. The molecule has 4 heteroatoms. The largest absolute Gasteiger partial charge is 0.465 e. The van der Waals surface area contributed by atoms with Gasteiger partial charge in [-0.15, -0.1) is 0 Å². The Hall–Kier alpha value is -1.71. The average Bonchev–Trinajstić information content (AvgIpc) is 3.19. The van der Waals surface area contributed by atoms with Crippen LogP contribution in [0.2, 0.25) is 0 Å². The van der Waals surface area contributed by atoms with Crippen molar-refractivity contribution in [2.75, 3.05) is 24.7 Å². The van der Waals surface area contributed by atoms with Gasteiger partial charge >= 0.3 is 5.97 Å². The summed E-state index contributed by atoms with van der Waals surface area (Å²) in [5, 5.41) is 3.30. The molecular formula is C14H20N2O2. The zero-order valence-corrected chi connectivity index (χ0v) is 10.7. The lowest BCUT2D eigenvalue weighted by Gasteiger charge is -2.10. The van der Waals surface area contributed by atoms with Crippen LogP contribution < -0.4 is 11.1 Å². The van der Waals surface area contributed by atoms with Gasteiger partial charge in [-0.05, 0) is 37.0 Å². The number of nitrogens with one attached hydrogen (secondary N) is 1. The number of esters is 1. The Bertz CT molecular complexity index is 428. The molecule has 0 heterocycles. The van der Waals surface area contributed by atoms with E-state index < -0.39 is 0 Å². The molecule has 1 aliphatic carbocycles. The van der Waals surface area contributed by atoms with E-state index in [2.05, 4.69) is 10.1 Å². The Morgan fingerprint density at radius 2 is 2.28 bits per heavy atom. The first-order chi connectivity index (χ1) is 8.70. The molecule has 18 heavy (non-hydrogen) atoms. The third kappa shape index (κ3) is 3.39. The van der Waals surface area contributed by atoms with E-state index in [0.717, 1.165) is 18.2 Å². The van der Waals surface area contributed by atoms with Crippen molar-refractivity contribution in [3.63, 3.8) is 0 Å². The van der Waals surface area contributed by atoms with Gasteiger partial charge in [0, 0.05) is 6.54 Å². The van der Waals surface area contributed by atoms with Crippen LogP contribution in [0.4, 0.5) is 11.4 Å². The molecule has 1 aromatic rings. The third-order valence-corrected chi connectivity index (χ3v) is 3.27. The van der Waals surface area contributed by atoms with Crippen LogP contribution >= 0.6 is 0 Å². The highest BCUT2D eigenvalue weighted by Gasteiger charge is 2.19. The summed E-state index contributed by atoms with van der Waals surface area (Å²) in [6, 6.07) is 5.21. The number of hydrogen-bond donors (Lipinski definition) is 2. The summed E-state index contributed by atoms with van der Waals surface area (Å²) in [4.78, 5) is 11.3. The van der Waals surface area contributed by atoms with Gasteiger partial charge in [0.15, 0.2) is 0 Å². The Labute approximate surface area is 108 Å². The maximum absolute atomic E-state index is 11.3. The first-order valence-electron chi connectivity index (χ1n) is 6.42. The van der Waals surface area contributed by atoms with Crippen molar-refractivity contribution in [2.24, 2.45) is 5.92 Å². The van der Waals surface area contributed by atoms with Gasteiger partial charge in [0.1, 0.15) is 0 Å². The average molecular weight is 248 g/mol. The lowest BCUT2D eigenvalue weighted by Crippen LogP contribution is -2.07. The summed E-state index contributed by atoms with van der Waals surface area (Å²) in [5.74, 6) is 0.604. The van der Waals surface area contributed by atoms with Gasteiger partial charge in [-0.2, -0.15) is 0 Å². The molecule has 4 nitrogen and oxygen atoms in total. The predicted molar refractivity (Wildman–Crippen MR) is 72.6 cm³/mol. The van der Waals surface area contributed by atoms with Gasteiger partial charge in [0.25, 0.3) is 0 Å². The Morgan fingerprint density at radius 3 is 2.89 bits per heavy atom. The first kappa shape index (κ1) is 12.7. The quantitative estimate of drug-likeness (QED) is 0.461. The van der Waals surface area contributed by atoms with Crippen molar-refractivity contribution < 1.29 is 9.53 Å². The highest BCUT2D eigenvalue weighted by atomic mass is 16.5. The monoisotopic (exact) mass is 248 g/mol. The van der Waals surface area contributed by atoms with Gasteiger partial charge in [-0.1, -0.05) is 12.8 Å². The second-order valence-corrected chi connectivity index (χ2v) is 4.81. The second kappa shape index (κ2) is 5.76. The van der Waals surface area contributed by atoms with E-state index in [4.69, 9.17) is 5.73 Å². The molecule has 1 saturated carbocycles. The molecule has 0 aromatic heterocycles. The normalized spacial score (nSPS) is 14.3. The Morgan fingerprint density at radius 1 is 1.50 bits per heavy atom. The van der Waals surface area contributed by atoms with Crippen LogP contribution in [-0.4, -0.2) is 19.6 Å². The molecule has 98 valence electrons. The summed E-state index contributed by atoms with van der Waals surface area (Å²) in [6.07, 6.45) is 5.27. The van der Waals surface area contributed by atoms with Crippen molar-refractivity contribution in [1.82, 2.24) is 0 Å². The summed E-state index contributed by atoms with van der Waals surface area (Å²) in [7, 11) is 1.36. The SMILES string of the molecule is COC(=O)c1ccc(NCCCC2CC2)c(N)c1. The maximum atomic E-state index is 11.3. The van der Waals surface area contributed by atoms with Crippen LogP contribution in [0.1, 0.15) is 36.0 Å². The lowest BCUT2D eigenvalue weighted by atomic mass is 10.1. The molecule has 1 fully saturated rings. The molecule has 0 atom stereocenters. The van der Waals surface area contributed by atoms with Crippen LogP contribution in [0.15, 0.2) is 18.2 Å². The molecule has 0 bridgehead atoms. The third-order valence-electron chi connectivity index (χ3n) is 3.27. The number of methoxy groups -OCH3 is 1. The van der Waals surface area contributed by atoms with Crippen molar-refractivity contribution in [2.45, 2.75) is 25.7 Å². The number of benzene rings is 1. The van der Waals surface area contributed by atoms with Crippen molar-refractivity contribution in [3.8, 4) is 0 Å². The van der Waals surface area contributed by atoms with Gasteiger partial charge in [0.2, 0.25) is 0 Å². The number of ether oxygens (including phenoxy) is 1. The molecule has 3 N–H and O–H groups in total. The molecular weight excluding hydrogens is 228 g/mol. The minimum atomic E-state index is -0.359. The molecule has 1 aliphatic rings. The van der Waals surface area contributed by atoms with Crippen LogP contribution in [-0.2, 0) is 4.74 Å². The first-order valence-corrected chi connectivity index (χ1v) is 6.42. The van der Waals surface area contributed by atoms with E-state index in [1.54, 1.807) is 12.1 Å². The summed E-state index contributed by atoms with van der Waals surface area (Å²) < 4.78 is 4.65. The van der Waals surface area contributed by atoms with Crippen LogP contribution in [0.3, 0.4) is 0 Å². The smallest absolute Gasteiger partial charge is 0.337 e. The zero-order chi connectivity index (χ0) is 13.0. The fraction of sp³-hybridized carbons (Fsp3) is 0.500. The van der Waals surface area contributed by atoms with Crippen molar-refractivity contribution >= 4 is 17.3 Å². The van der Waals surface area contributed by atoms with Crippen molar-refractivity contribution in [1.29, 1.82) is 0 Å². The van der Waals surface area contributed by atoms with E-state index in [0.29, 0.717) is 11.3 Å². The summed E-state index contributed by atoms with van der Waals surface area (Å²) in [5.41, 5.74) is 7.86. The fourth-order valence-corrected chi connectivity index (χ4v) is 1.99. The van der Waals surface area contributed by atoms with Crippen LogP contribution in [0, 0.1) is 5.92 Å². The molecule has 0 unspecified atom stereocenters. The van der Waals surface area contributed by atoms with Crippen LogP contribution in [0.5, 0.6) is 0 Å². The number of anilines is 2. The second-order valence-electron chi connectivity index (χ2n) is 4.81. The molecule has 1 aromatic carbocycles. The number of hydrogen-bond acceptors (Lipinski definition) is 4. The minimum absolute atomic E-state index is 0.359. The maximum Gasteiger partial charge on any atom is 0.337 e. The molecule has 0 amide bonds. The number of nitrogen functional groups attached to an aromatic ring is 1. The van der Waals surface area contributed by atoms with Gasteiger partial charge in [0.05, 0.1) is 24.0 Å². The number of rotatable bonds is 6.